The normalized spacial score (nSPS) is 9.52. The molecular weight excluding hydrogens is 445 g/mol. The summed E-state index contributed by atoms with van der Waals surface area (Å²) < 4.78 is 1.63. The molecule has 0 saturated heterocycles. The van der Waals surface area contributed by atoms with Gasteiger partial charge >= 0.3 is 0 Å². The zero-order valence-electron chi connectivity index (χ0n) is 10.5. The molecule has 0 aromatic heterocycles. The second-order valence-corrected chi connectivity index (χ2v) is 6.14. The maximum atomic E-state index is 12.3. The molecular formula is C15H7BrIN3O. The first kappa shape index (κ1) is 15.5. The van der Waals surface area contributed by atoms with Crippen molar-refractivity contribution in [1.29, 1.82) is 10.5 Å². The third kappa shape index (κ3) is 3.60. The van der Waals surface area contributed by atoms with Gasteiger partial charge in [0, 0.05) is 13.7 Å². The number of benzene rings is 2. The average Bonchev–Trinajstić information content (AvgIpc) is 2.49. The van der Waals surface area contributed by atoms with Crippen LogP contribution in [0.15, 0.2) is 40.9 Å². The van der Waals surface area contributed by atoms with Crippen LogP contribution in [0.4, 0.5) is 5.69 Å². The Morgan fingerprint density at radius 2 is 1.81 bits per heavy atom. The number of hydrogen-bond donors (Lipinski definition) is 1. The first-order valence-electron chi connectivity index (χ1n) is 5.76. The van der Waals surface area contributed by atoms with Crippen LogP contribution in [0.1, 0.15) is 21.5 Å². The van der Waals surface area contributed by atoms with Gasteiger partial charge in [-0.2, -0.15) is 10.5 Å². The monoisotopic (exact) mass is 451 g/mol. The smallest absolute Gasteiger partial charge is 0.256 e. The number of amides is 1. The van der Waals surface area contributed by atoms with Crippen LogP contribution in [0, 0.1) is 26.2 Å². The molecule has 1 amide bonds. The number of carbonyl (C=O) groups excluding carboxylic acids is 1. The molecule has 0 atom stereocenters. The van der Waals surface area contributed by atoms with Crippen LogP contribution in [0.3, 0.4) is 0 Å². The second kappa shape index (κ2) is 6.70. The van der Waals surface area contributed by atoms with E-state index in [2.05, 4.69) is 43.8 Å². The van der Waals surface area contributed by atoms with Gasteiger partial charge in [0.25, 0.3) is 5.91 Å². The van der Waals surface area contributed by atoms with Gasteiger partial charge in [0.2, 0.25) is 0 Å². The summed E-state index contributed by atoms with van der Waals surface area (Å²) >= 11 is 5.41. The summed E-state index contributed by atoms with van der Waals surface area (Å²) in [6.45, 7) is 0. The summed E-state index contributed by atoms with van der Waals surface area (Å²) in [6, 6.07) is 13.9. The Labute approximate surface area is 143 Å². The molecule has 0 fully saturated rings. The quantitative estimate of drug-likeness (QED) is 0.699. The third-order valence-electron chi connectivity index (χ3n) is 2.69. The summed E-state index contributed by atoms with van der Waals surface area (Å²) in [5.74, 6) is -0.269. The predicted molar refractivity (Wildman–Crippen MR) is 90.7 cm³/mol. The fourth-order valence-electron chi connectivity index (χ4n) is 1.68. The van der Waals surface area contributed by atoms with E-state index in [4.69, 9.17) is 10.5 Å². The number of carbonyl (C=O) groups is 1. The van der Waals surface area contributed by atoms with Crippen molar-refractivity contribution in [2.75, 3.05) is 5.32 Å². The molecule has 2 aromatic carbocycles. The Balaban J connectivity index is 2.30. The molecule has 6 heteroatoms. The topological polar surface area (TPSA) is 76.7 Å². The molecule has 0 aliphatic rings. The molecule has 0 unspecified atom stereocenters. The Kier molecular flexibility index (Phi) is 4.94. The van der Waals surface area contributed by atoms with E-state index in [-0.39, 0.29) is 17.0 Å². The second-order valence-electron chi connectivity index (χ2n) is 4.06. The lowest BCUT2D eigenvalue weighted by molar-refractivity contribution is 0.102. The summed E-state index contributed by atoms with van der Waals surface area (Å²) in [4.78, 5) is 12.3. The van der Waals surface area contributed by atoms with E-state index in [0.717, 1.165) is 8.04 Å². The lowest BCUT2D eigenvalue weighted by Gasteiger charge is -2.08. The Morgan fingerprint density at radius 1 is 1.10 bits per heavy atom. The summed E-state index contributed by atoms with van der Waals surface area (Å²) in [5.41, 5.74) is 1.53. The lowest BCUT2D eigenvalue weighted by Crippen LogP contribution is -2.13. The van der Waals surface area contributed by atoms with E-state index in [9.17, 15) is 4.79 Å². The molecule has 0 aliphatic heterocycles. The molecule has 4 nitrogen and oxygen atoms in total. The summed E-state index contributed by atoms with van der Waals surface area (Å²) in [5, 5.41) is 20.6. The van der Waals surface area contributed by atoms with Gasteiger partial charge in [0.15, 0.2) is 0 Å². The van der Waals surface area contributed by atoms with Crippen LogP contribution in [0.25, 0.3) is 0 Å². The van der Waals surface area contributed by atoms with Crippen molar-refractivity contribution in [2.45, 2.75) is 0 Å². The number of nitrogens with one attached hydrogen (secondary N) is 1. The van der Waals surface area contributed by atoms with Crippen molar-refractivity contribution in [3.63, 3.8) is 0 Å². The molecule has 21 heavy (non-hydrogen) atoms. The predicted octanol–water partition coefficient (Wildman–Crippen LogP) is 4.05. The number of hydrogen-bond acceptors (Lipinski definition) is 3. The maximum absolute atomic E-state index is 12.3. The zero-order valence-corrected chi connectivity index (χ0v) is 14.3. The highest BCUT2D eigenvalue weighted by molar-refractivity contribution is 14.1. The minimum absolute atomic E-state index is 0.235. The molecule has 0 bridgehead atoms. The highest BCUT2D eigenvalue weighted by Gasteiger charge is 2.12. The van der Waals surface area contributed by atoms with Crippen molar-refractivity contribution in [2.24, 2.45) is 0 Å². The van der Waals surface area contributed by atoms with Gasteiger partial charge < -0.3 is 5.32 Å². The van der Waals surface area contributed by atoms with Crippen LogP contribution in [0.5, 0.6) is 0 Å². The van der Waals surface area contributed by atoms with Crippen molar-refractivity contribution < 1.29 is 4.79 Å². The van der Waals surface area contributed by atoms with Gasteiger partial charge in [-0.15, -0.1) is 0 Å². The number of nitriles is 2. The van der Waals surface area contributed by atoms with Gasteiger partial charge in [-0.05, 0) is 59.0 Å². The van der Waals surface area contributed by atoms with Crippen molar-refractivity contribution in [3.05, 3.63) is 61.1 Å². The fourth-order valence-corrected chi connectivity index (χ4v) is 2.62. The fraction of sp³-hybridized carbons (Fsp3) is 0. The molecule has 0 radical (unpaired) electrons. The van der Waals surface area contributed by atoms with E-state index in [0.29, 0.717) is 11.3 Å². The highest BCUT2D eigenvalue weighted by atomic mass is 127. The number of nitrogens with zero attached hydrogens (tertiary/aromatic N) is 2. The van der Waals surface area contributed by atoms with E-state index in [1.807, 2.05) is 24.3 Å². The van der Waals surface area contributed by atoms with Gasteiger partial charge in [-0.25, -0.2) is 0 Å². The standard InChI is InChI=1S/C15H7BrIN3O/c16-11-2-4-14(17)13(6-11)15(21)20-12-3-1-9(7-18)10(5-12)8-19/h1-6H,(H,20,21). The molecule has 2 aromatic rings. The Hall–Kier alpha value is -1.90. The van der Waals surface area contributed by atoms with Gasteiger partial charge in [0.05, 0.1) is 16.7 Å². The van der Waals surface area contributed by atoms with Crippen LogP contribution in [-0.2, 0) is 0 Å². The average molecular weight is 452 g/mol. The van der Waals surface area contributed by atoms with Crippen molar-refractivity contribution >= 4 is 50.1 Å². The number of halogens is 2. The summed E-state index contributed by atoms with van der Waals surface area (Å²) in [6.07, 6.45) is 0. The largest absolute Gasteiger partial charge is 0.322 e. The zero-order chi connectivity index (χ0) is 15.4. The van der Waals surface area contributed by atoms with Crippen LogP contribution >= 0.6 is 38.5 Å². The van der Waals surface area contributed by atoms with E-state index >= 15 is 0 Å². The van der Waals surface area contributed by atoms with Crippen LogP contribution in [-0.4, -0.2) is 5.91 Å². The van der Waals surface area contributed by atoms with Crippen molar-refractivity contribution in [1.82, 2.24) is 0 Å². The van der Waals surface area contributed by atoms with Gasteiger partial charge in [-0.3, -0.25) is 4.79 Å². The Bertz CT molecular complexity index is 806. The molecule has 0 spiro atoms. The molecule has 0 heterocycles. The first-order valence-corrected chi connectivity index (χ1v) is 7.63. The number of anilines is 1. The number of rotatable bonds is 2. The first-order chi connectivity index (χ1) is 10.0. The van der Waals surface area contributed by atoms with Gasteiger partial charge in [0.1, 0.15) is 12.1 Å². The van der Waals surface area contributed by atoms with Crippen molar-refractivity contribution in [3.8, 4) is 12.1 Å². The third-order valence-corrected chi connectivity index (χ3v) is 4.13. The van der Waals surface area contributed by atoms with Crippen LogP contribution < -0.4 is 5.32 Å². The molecule has 2 rings (SSSR count). The summed E-state index contributed by atoms with van der Waals surface area (Å²) in [7, 11) is 0. The van der Waals surface area contributed by atoms with E-state index in [1.165, 1.54) is 12.1 Å². The maximum Gasteiger partial charge on any atom is 0.256 e. The van der Waals surface area contributed by atoms with Crippen LogP contribution in [0.2, 0.25) is 0 Å². The minimum Gasteiger partial charge on any atom is -0.322 e. The highest BCUT2D eigenvalue weighted by Crippen LogP contribution is 2.21. The van der Waals surface area contributed by atoms with E-state index < -0.39 is 0 Å². The molecule has 102 valence electrons. The van der Waals surface area contributed by atoms with E-state index in [1.54, 1.807) is 12.1 Å². The Morgan fingerprint density at radius 3 is 2.48 bits per heavy atom. The SMILES string of the molecule is N#Cc1ccc(NC(=O)c2cc(Br)ccc2I)cc1C#N. The molecule has 1 N–H and O–H groups in total. The lowest BCUT2D eigenvalue weighted by atomic mass is 10.1. The molecule has 0 aliphatic carbocycles. The minimum atomic E-state index is -0.269. The van der Waals surface area contributed by atoms with Gasteiger partial charge in [-0.1, -0.05) is 15.9 Å². The molecule has 0 saturated carbocycles.